The van der Waals surface area contributed by atoms with Gasteiger partial charge in [-0.05, 0) is 13.8 Å². The normalized spacial score (nSPS) is 28.4. The van der Waals surface area contributed by atoms with Gasteiger partial charge in [-0.25, -0.2) is 0 Å². The fraction of sp³-hybridized carbons (Fsp3) is 0.714. The third-order valence-corrected chi connectivity index (χ3v) is 1.83. The average molecular weight is 157 g/mol. The highest BCUT2D eigenvalue weighted by atomic mass is 16.5. The van der Waals surface area contributed by atoms with Crippen molar-refractivity contribution in [2.45, 2.75) is 25.5 Å². The maximum absolute atomic E-state index is 10.9. The summed E-state index contributed by atoms with van der Waals surface area (Å²) in [6, 6.07) is -0.486. The third kappa shape index (κ3) is 1.46. The monoisotopic (exact) mass is 157 g/mol. The highest BCUT2D eigenvalue weighted by Gasteiger charge is 2.39. The molecule has 1 atom stereocenters. The number of ketones is 1. The van der Waals surface area contributed by atoms with E-state index in [1.807, 2.05) is 0 Å². The van der Waals surface area contributed by atoms with Crippen LogP contribution in [0.4, 0.5) is 0 Å². The SMILES string of the molecule is CC1(C)OCNC1C(=O)C=O. The van der Waals surface area contributed by atoms with E-state index < -0.39 is 17.4 Å². The number of rotatable bonds is 2. The van der Waals surface area contributed by atoms with E-state index >= 15 is 0 Å². The molecule has 11 heavy (non-hydrogen) atoms. The molecule has 0 spiro atoms. The van der Waals surface area contributed by atoms with E-state index in [4.69, 9.17) is 4.74 Å². The van der Waals surface area contributed by atoms with Crippen LogP contribution in [0.5, 0.6) is 0 Å². The Hall–Kier alpha value is -0.740. The molecule has 0 aromatic carbocycles. The number of nitrogens with one attached hydrogen (secondary N) is 1. The van der Waals surface area contributed by atoms with Gasteiger partial charge in [-0.3, -0.25) is 14.9 Å². The van der Waals surface area contributed by atoms with E-state index in [1.165, 1.54) is 0 Å². The van der Waals surface area contributed by atoms with E-state index in [0.29, 0.717) is 13.0 Å². The van der Waals surface area contributed by atoms with Crippen molar-refractivity contribution < 1.29 is 14.3 Å². The maximum Gasteiger partial charge on any atom is 0.215 e. The summed E-state index contributed by atoms with van der Waals surface area (Å²) >= 11 is 0. The lowest BCUT2D eigenvalue weighted by molar-refractivity contribution is -0.133. The van der Waals surface area contributed by atoms with Gasteiger partial charge in [0.1, 0.15) is 6.04 Å². The molecule has 1 aliphatic heterocycles. The van der Waals surface area contributed by atoms with E-state index in [1.54, 1.807) is 13.8 Å². The van der Waals surface area contributed by atoms with Crippen molar-refractivity contribution in [3.8, 4) is 0 Å². The summed E-state index contributed by atoms with van der Waals surface area (Å²) in [4.78, 5) is 21.1. The fourth-order valence-corrected chi connectivity index (χ4v) is 1.15. The summed E-state index contributed by atoms with van der Waals surface area (Å²) in [5.74, 6) is -0.451. The average Bonchev–Trinajstić information content (AvgIpc) is 2.28. The van der Waals surface area contributed by atoms with Crippen LogP contribution in [0.1, 0.15) is 13.8 Å². The van der Waals surface area contributed by atoms with Crippen molar-refractivity contribution in [2.75, 3.05) is 6.73 Å². The molecule has 1 aliphatic rings. The first kappa shape index (κ1) is 8.36. The quantitative estimate of drug-likeness (QED) is 0.433. The Balaban J connectivity index is 2.72. The summed E-state index contributed by atoms with van der Waals surface area (Å²) in [5, 5.41) is 2.79. The molecule has 0 aliphatic carbocycles. The van der Waals surface area contributed by atoms with Crippen molar-refractivity contribution in [2.24, 2.45) is 0 Å². The molecular formula is C7H11NO3. The van der Waals surface area contributed by atoms with Gasteiger partial charge in [-0.2, -0.15) is 0 Å². The minimum atomic E-state index is -0.558. The molecule has 1 rings (SSSR count). The first-order valence-electron chi connectivity index (χ1n) is 3.44. The topological polar surface area (TPSA) is 55.4 Å². The fourth-order valence-electron chi connectivity index (χ4n) is 1.15. The second-order valence-electron chi connectivity index (χ2n) is 3.05. The molecule has 0 radical (unpaired) electrons. The summed E-state index contributed by atoms with van der Waals surface area (Å²) in [5.41, 5.74) is -0.558. The van der Waals surface area contributed by atoms with Crippen molar-refractivity contribution >= 4 is 12.1 Å². The molecule has 0 bridgehead atoms. The predicted octanol–water partition coefficient (Wildman–Crippen LogP) is -0.521. The van der Waals surface area contributed by atoms with Gasteiger partial charge in [0.2, 0.25) is 5.78 Å². The molecule has 0 saturated carbocycles. The molecule has 4 heteroatoms. The van der Waals surface area contributed by atoms with E-state index in [9.17, 15) is 9.59 Å². The number of hydrogen-bond acceptors (Lipinski definition) is 4. The second kappa shape index (κ2) is 2.71. The van der Waals surface area contributed by atoms with E-state index in [0.717, 1.165) is 0 Å². The Morgan fingerprint density at radius 3 is 2.73 bits per heavy atom. The minimum Gasteiger partial charge on any atom is -0.358 e. The zero-order chi connectivity index (χ0) is 8.48. The molecule has 1 unspecified atom stereocenters. The highest BCUT2D eigenvalue weighted by molar-refractivity contribution is 6.27. The first-order chi connectivity index (χ1) is 5.08. The smallest absolute Gasteiger partial charge is 0.215 e. The second-order valence-corrected chi connectivity index (χ2v) is 3.05. The van der Waals surface area contributed by atoms with Gasteiger partial charge in [-0.15, -0.1) is 0 Å². The van der Waals surface area contributed by atoms with Crippen LogP contribution < -0.4 is 5.32 Å². The van der Waals surface area contributed by atoms with Gasteiger partial charge in [0.05, 0.1) is 12.3 Å². The number of carbonyl (C=O) groups is 2. The highest BCUT2D eigenvalue weighted by Crippen LogP contribution is 2.19. The molecule has 0 amide bonds. The van der Waals surface area contributed by atoms with Crippen LogP contribution in [0.2, 0.25) is 0 Å². The maximum atomic E-state index is 10.9. The van der Waals surface area contributed by atoms with E-state index in [2.05, 4.69) is 5.32 Å². The molecule has 1 saturated heterocycles. The van der Waals surface area contributed by atoms with Gasteiger partial charge in [0.25, 0.3) is 0 Å². The summed E-state index contributed by atoms with van der Waals surface area (Å²) in [6.45, 7) is 3.88. The first-order valence-corrected chi connectivity index (χ1v) is 3.44. The molecule has 62 valence electrons. The third-order valence-electron chi connectivity index (χ3n) is 1.83. The van der Waals surface area contributed by atoms with Gasteiger partial charge in [0, 0.05) is 0 Å². The lowest BCUT2D eigenvalue weighted by atomic mass is 9.97. The van der Waals surface area contributed by atoms with Gasteiger partial charge >= 0.3 is 0 Å². The van der Waals surface area contributed by atoms with Crippen LogP contribution in [-0.4, -0.2) is 30.4 Å². The summed E-state index contributed by atoms with van der Waals surface area (Å²) in [7, 11) is 0. The number of carbonyl (C=O) groups excluding carboxylic acids is 2. The molecular weight excluding hydrogens is 146 g/mol. The van der Waals surface area contributed by atoms with E-state index in [-0.39, 0.29) is 0 Å². The number of aldehydes is 1. The van der Waals surface area contributed by atoms with Gasteiger partial charge in [0.15, 0.2) is 6.29 Å². The largest absolute Gasteiger partial charge is 0.358 e. The number of hydrogen-bond donors (Lipinski definition) is 1. The molecule has 1 heterocycles. The lowest BCUT2D eigenvalue weighted by Gasteiger charge is -2.21. The van der Waals surface area contributed by atoms with Crippen molar-refractivity contribution in [3.63, 3.8) is 0 Å². The van der Waals surface area contributed by atoms with Crippen LogP contribution >= 0.6 is 0 Å². The Labute approximate surface area is 64.9 Å². The Morgan fingerprint density at radius 1 is 1.73 bits per heavy atom. The van der Waals surface area contributed by atoms with Gasteiger partial charge < -0.3 is 4.74 Å². The zero-order valence-electron chi connectivity index (χ0n) is 6.59. The van der Waals surface area contributed by atoms with Gasteiger partial charge in [-0.1, -0.05) is 0 Å². The van der Waals surface area contributed by atoms with Crippen LogP contribution in [0.25, 0.3) is 0 Å². The standard InChI is InChI=1S/C7H11NO3/c1-7(2)6(5(10)3-9)8-4-11-7/h3,6,8H,4H2,1-2H3. The van der Waals surface area contributed by atoms with Crippen molar-refractivity contribution in [1.29, 1.82) is 0 Å². The predicted molar refractivity (Wildman–Crippen MR) is 38.0 cm³/mol. The summed E-state index contributed by atoms with van der Waals surface area (Å²) < 4.78 is 5.19. The Bertz CT molecular complexity index is 188. The number of ether oxygens (including phenoxy) is 1. The molecule has 0 aromatic rings. The molecule has 4 nitrogen and oxygen atoms in total. The number of Topliss-reactive ketones (excluding diaryl/α,β-unsaturated/α-hetero) is 1. The Morgan fingerprint density at radius 2 is 2.36 bits per heavy atom. The van der Waals surface area contributed by atoms with Crippen LogP contribution in [0.3, 0.4) is 0 Å². The van der Waals surface area contributed by atoms with Crippen molar-refractivity contribution in [3.05, 3.63) is 0 Å². The zero-order valence-corrected chi connectivity index (χ0v) is 6.59. The molecule has 0 aromatic heterocycles. The molecule has 1 fully saturated rings. The molecule has 1 N–H and O–H groups in total. The summed E-state index contributed by atoms with van der Waals surface area (Å²) in [6.07, 6.45) is 0.327. The van der Waals surface area contributed by atoms with Crippen LogP contribution in [0, 0.1) is 0 Å². The van der Waals surface area contributed by atoms with Crippen LogP contribution in [-0.2, 0) is 14.3 Å². The lowest BCUT2D eigenvalue weighted by Crippen LogP contribution is -2.45. The van der Waals surface area contributed by atoms with Crippen molar-refractivity contribution in [1.82, 2.24) is 5.32 Å². The Kier molecular flexibility index (Phi) is 2.06. The minimum absolute atomic E-state index is 0.327. The van der Waals surface area contributed by atoms with Crippen LogP contribution in [0.15, 0.2) is 0 Å².